The average molecular weight is 325 g/mol. The minimum Gasteiger partial charge on any atom is -0.389 e. The molecule has 0 unspecified atom stereocenters. The monoisotopic (exact) mass is 324 g/mol. The zero-order valence-electron chi connectivity index (χ0n) is 10.9. The quantitative estimate of drug-likeness (QED) is 0.852. The van der Waals surface area contributed by atoms with E-state index in [0.717, 1.165) is 21.8 Å². The van der Waals surface area contributed by atoms with Crippen molar-refractivity contribution in [3.8, 4) is 0 Å². The molecule has 0 heterocycles. The molecule has 0 saturated heterocycles. The van der Waals surface area contributed by atoms with Crippen molar-refractivity contribution in [1.82, 2.24) is 0 Å². The van der Waals surface area contributed by atoms with Crippen LogP contribution in [0.4, 0.5) is 5.69 Å². The second kappa shape index (κ2) is 6.44. The first-order valence-corrected chi connectivity index (χ1v) is 7.19. The molecule has 0 aromatic heterocycles. The van der Waals surface area contributed by atoms with E-state index in [4.69, 9.17) is 41.2 Å². The second-order valence-corrected chi connectivity index (χ2v) is 5.76. The van der Waals surface area contributed by atoms with Gasteiger partial charge in [0.1, 0.15) is 4.99 Å². The fourth-order valence-electron chi connectivity index (χ4n) is 2.01. The lowest BCUT2D eigenvalue weighted by atomic mass is 10.1. The van der Waals surface area contributed by atoms with Gasteiger partial charge in [-0.25, -0.2) is 0 Å². The van der Waals surface area contributed by atoms with E-state index in [1.54, 1.807) is 6.07 Å². The van der Waals surface area contributed by atoms with Gasteiger partial charge in [0, 0.05) is 34.9 Å². The summed E-state index contributed by atoms with van der Waals surface area (Å²) < 4.78 is 0. The number of hydrogen-bond acceptors (Lipinski definition) is 2. The topological polar surface area (TPSA) is 29.3 Å². The maximum absolute atomic E-state index is 6.19. The Balaban J connectivity index is 2.32. The minimum atomic E-state index is 0.327. The van der Waals surface area contributed by atoms with Gasteiger partial charge >= 0.3 is 0 Å². The van der Waals surface area contributed by atoms with Gasteiger partial charge in [-0.05, 0) is 29.8 Å². The predicted octanol–water partition coefficient (Wildman–Crippen LogP) is 4.26. The number of anilines is 1. The van der Waals surface area contributed by atoms with E-state index in [2.05, 4.69) is 0 Å². The van der Waals surface area contributed by atoms with Gasteiger partial charge < -0.3 is 10.6 Å². The summed E-state index contributed by atoms with van der Waals surface area (Å²) in [5.74, 6) is 0. The molecule has 104 valence electrons. The van der Waals surface area contributed by atoms with Gasteiger partial charge in [-0.15, -0.1) is 0 Å². The zero-order valence-corrected chi connectivity index (χ0v) is 13.3. The Bertz CT molecular complexity index is 644. The third-order valence-electron chi connectivity index (χ3n) is 3.00. The van der Waals surface area contributed by atoms with E-state index < -0.39 is 0 Å². The Hall–Kier alpha value is -1.29. The second-order valence-electron chi connectivity index (χ2n) is 4.47. The number of rotatable bonds is 4. The van der Waals surface area contributed by atoms with Crippen molar-refractivity contribution in [3.05, 3.63) is 63.6 Å². The number of hydrogen-bond donors (Lipinski definition) is 1. The van der Waals surface area contributed by atoms with E-state index >= 15 is 0 Å². The number of nitrogens with two attached hydrogens (primary N) is 1. The summed E-state index contributed by atoms with van der Waals surface area (Å²) in [5.41, 5.74) is 8.50. The Morgan fingerprint density at radius 3 is 2.55 bits per heavy atom. The molecule has 0 atom stereocenters. The molecule has 2 nitrogen and oxygen atoms in total. The van der Waals surface area contributed by atoms with Crippen molar-refractivity contribution in [1.29, 1.82) is 0 Å². The van der Waals surface area contributed by atoms with Gasteiger partial charge in [-0.2, -0.15) is 0 Å². The summed E-state index contributed by atoms with van der Waals surface area (Å²) >= 11 is 17.3. The van der Waals surface area contributed by atoms with Crippen LogP contribution in [0.5, 0.6) is 0 Å². The fourth-order valence-corrected chi connectivity index (χ4v) is 2.54. The van der Waals surface area contributed by atoms with Crippen molar-refractivity contribution >= 4 is 46.1 Å². The van der Waals surface area contributed by atoms with Crippen LogP contribution in [0.1, 0.15) is 11.1 Å². The first-order valence-electron chi connectivity index (χ1n) is 6.03. The zero-order chi connectivity index (χ0) is 14.7. The molecule has 2 aromatic rings. The van der Waals surface area contributed by atoms with Gasteiger partial charge in [0.2, 0.25) is 0 Å². The number of halogens is 2. The Morgan fingerprint density at radius 2 is 1.90 bits per heavy atom. The van der Waals surface area contributed by atoms with Crippen LogP contribution in [0.15, 0.2) is 42.5 Å². The Labute approximate surface area is 134 Å². The van der Waals surface area contributed by atoms with Crippen LogP contribution >= 0.6 is 35.4 Å². The molecule has 0 spiro atoms. The summed E-state index contributed by atoms with van der Waals surface area (Å²) in [6.07, 6.45) is 0. The summed E-state index contributed by atoms with van der Waals surface area (Å²) in [6, 6.07) is 13.3. The number of nitrogens with zero attached hydrogens (tertiary/aromatic N) is 1. The normalized spacial score (nSPS) is 10.3. The first kappa shape index (κ1) is 15.1. The molecule has 0 aliphatic heterocycles. The summed E-state index contributed by atoms with van der Waals surface area (Å²) in [5, 5.41) is 1.35. The molecule has 0 aliphatic rings. The van der Waals surface area contributed by atoms with Gasteiger partial charge in [-0.3, -0.25) is 0 Å². The van der Waals surface area contributed by atoms with Crippen LogP contribution in [-0.4, -0.2) is 12.0 Å². The average Bonchev–Trinajstić information content (AvgIpc) is 2.41. The first-order chi connectivity index (χ1) is 9.49. The Kier molecular flexibility index (Phi) is 4.86. The van der Waals surface area contributed by atoms with Crippen molar-refractivity contribution in [2.45, 2.75) is 6.54 Å². The lowest BCUT2D eigenvalue weighted by Crippen LogP contribution is -2.21. The molecule has 0 amide bonds. The van der Waals surface area contributed by atoms with Gasteiger partial charge in [0.15, 0.2) is 0 Å². The van der Waals surface area contributed by atoms with Crippen molar-refractivity contribution < 1.29 is 0 Å². The summed E-state index contributed by atoms with van der Waals surface area (Å²) in [6.45, 7) is 0.664. The predicted molar refractivity (Wildman–Crippen MR) is 90.9 cm³/mol. The summed E-state index contributed by atoms with van der Waals surface area (Å²) in [4.78, 5) is 2.37. The third kappa shape index (κ3) is 3.42. The minimum absolute atomic E-state index is 0.327. The highest BCUT2D eigenvalue weighted by atomic mass is 35.5. The van der Waals surface area contributed by atoms with Crippen LogP contribution in [0.2, 0.25) is 10.0 Å². The maximum Gasteiger partial charge on any atom is 0.106 e. The van der Waals surface area contributed by atoms with Crippen molar-refractivity contribution in [3.63, 3.8) is 0 Å². The van der Waals surface area contributed by atoms with Crippen LogP contribution in [0, 0.1) is 0 Å². The molecular weight excluding hydrogens is 311 g/mol. The molecule has 0 bridgehead atoms. The molecular formula is C15H14Cl2N2S. The Morgan fingerprint density at radius 1 is 1.20 bits per heavy atom. The number of thiocarbonyl (C=S) groups is 1. The van der Waals surface area contributed by atoms with E-state index in [-0.39, 0.29) is 0 Å². The van der Waals surface area contributed by atoms with Crippen LogP contribution in [0.3, 0.4) is 0 Å². The van der Waals surface area contributed by atoms with Crippen LogP contribution in [0.25, 0.3) is 0 Å². The smallest absolute Gasteiger partial charge is 0.106 e. The lowest BCUT2D eigenvalue weighted by molar-refractivity contribution is 0.922. The SMILES string of the molecule is CN(Cc1ccccc1Cl)c1ccc(Cl)cc1C(N)=S. The van der Waals surface area contributed by atoms with Gasteiger partial charge in [-0.1, -0.05) is 53.6 Å². The standard InChI is InChI=1S/C15H14Cl2N2S/c1-19(9-10-4-2-3-5-13(10)17)14-7-6-11(16)8-12(14)15(18)20/h2-8H,9H2,1H3,(H2,18,20). The molecule has 0 saturated carbocycles. The van der Waals surface area contributed by atoms with E-state index in [0.29, 0.717) is 16.6 Å². The lowest BCUT2D eigenvalue weighted by Gasteiger charge is -2.23. The molecule has 2 aromatic carbocycles. The van der Waals surface area contributed by atoms with Crippen LogP contribution in [-0.2, 0) is 6.54 Å². The van der Waals surface area contributed by atoms with Gasteiger partial charge in [0.05, 0.1) is 0 Å². The van der Waals surface area contributed by atoms with Crippen LogP contribution < -0.4 is 10.6 Å². The van der Waals surface area contributed by atoms with E-state index in [1.165, 1.54) is 0 Å². The van der Waals surface area contributed by atoms with E-state index in [1.807, 2.05) is 48.3 Å². The maximum atomic E-state index is 6.19. The third-order valence-corrected chi connectivity index (χ3v) is 3.82. The van der Waals surface area contributed by atoms with Crippen molar-refractivity contribution in [2.24, 2.45) is 5.73 Å². The van der Waals surface area contributed by atoms with E-state index in [9.17, 15) is 0 Å². The highest BCUT2D eigenvalue weighted by Crippen LogP contribution is 2.26. The molecule has 20 heavy (non-hydrogen) atoms. The number of benzene rings is 2. The fraction of sp³-hybridized carbons (Fsp3) is 0.133. The largest absolute Gasteiger partial charge is 0.389 e. The highest BCUT2D eigenvalue weighted by Gasteiger charge is 2.12. The molecule has 2 rings (SSSR count). The molecule has 0 radical (unpaired) electrons. The van der Waals surface area contributed by atoms with Crippen molar-refractivity contribution in [2.75, 3.05) is 11.9 Å². The molecule has 5 heteroatoms. The van der Waals surface area contributed by atoms with Gasteiger partial charge in [0.25, 0.3) is 0 Å². The highest BCUT2D eigenvalue weighted by molar-refractivity contribution is 7.80. The molecule has 2 N–H and O–H groups in total. The summed E-state index contributed by atoms with van der Waals surface area (Å²) in [7, 11) is 1.97. The molecule has 0 aliphatic carbocycles. The molecule has 0 fully saturated rings.